The van der Waals surface area contributed by atoms with Crippen LogP contribution in [0.15, 0.2) is 51.2 Å². The highest BCUT2D eigenvalue weighted by Crippen LogP contribution is 2.42. The number of nitrogens with two attached hydrogens (primary N) is 1. The summed E-state index contributed by atoms with van der Waals surface area (Å²) < 4.78 is 13.4. The number of H-pyrrole nitrogens is 1. The van der Waals surface area contributed by atoms with Gasteiger partial charge in [0.1, 0.15) is 12.6 Å². The van der Waals surface area contributed by atoms with E-state index in [4.69, 9.17) is 38.4 Å². The summed E-state index contributed by atoms with van der Waals surface area (Å²) in [4.78, 5) is 13.0. The summed E-state index contributed by atoms with van der Waals surface area (Å²) in [5, 5.41) is 12.2. The number of halogens is 3. The number of aromatic amines is 1. The number of rotatable bonds is 5. The predicted molar refractivity (Wildman–Crippen MR) is 124 cm³/mol. The van der Waals surface area contributed by atoms with Crippen LogP contribution in [0, 0.1) is 0 Å². The molecule has 0 spiro atoms. The van der Waals surface area contributed by atoms with E-state index >= 15 is 0 Å². The van der Waals surface area contributed by atoms with Crippen molar-refractivity contribution in [3.8, 4) is 11.5 Å². The largest absolute Gasteiger partial charge is 0.454 e. The summed E-state index contributed by atoms with van der Waals surface area (Å²) in [7, 11) is 0. The average molecular weight is 556 g/mol. The highest BCUT2D eigenvalue weighted by atomic mass is 79.9. The zero-order chi connectivity index (χ0) is 22.4. The van der Waals surface area contributed by atoms with Gasteiger partial charge in [-0.2, -0.15) is 0 Å². The van der Waals surface area contributed by atoms with E-state index in [0.717, 1.165) is 9.37 Å². The third-order valence-corrected chi connectivity index (χ3v) is 7.28. The van der Waals surface area contributed by atoms with Gasteiger partial charge in [-0.15, -0.1) is 0 Å². The van der Waals surface area contributed by atoms with Crippen molar-refractivity contribution >= 4 is 67.9 Å². The molecule has 4 aromatic rings. The lowest BCUT2D eigenvalue weighted by Crippen LogP contribution is -2.38. The number of aromatic nitrogens is 4. The molecule has 1 unspecified atom stereocenters. The number of nitrogens with zero attached hydrogens (tertiary/aromatic N) is 3. The predicted octanol–water partition coefficient (Wildman–Crippen LogP) is 4.51. The average Bonchev–Trinajstić information content (AvgIpc) is 3.37. The second-order valence-corrected chi connectivity index (χ2v) is 9.67. The van der Waals surface area contributed by atoms with Gasteiger partial charge < -0.3 is 25.3 Å². The Morgan fingerprint density at radius 3 is 2.81 bits per heavy atom. The third-order valence-electron chi connectivity index (χ3n) is 4.85. The van der Waals surface area contributed by atoms with Crippen molar-refractivity contribution in [2.45, 2.75) is 22.7 Å². The molecule has 0 fully saturated rings. The van der Waals surface area contributed by atoms with Crippen LogP contribution in [0.3, 0.4) is 0 Å². The van der Waals surface area contributed by atoms with Crippen molar-refractivity contribution in [2.75, 3.05) is 12.5 Å². The highest BCUT2D eigenvalue weighted by molar-refractivity contribution is 9.10. The zero-order valence-electron chi connectivity index (χ0n) is 16.2. The molecule has 32 heavy (non-hydrogen) atoms. The molecule has 3 heterocycles. The summed E-state index contributed by atoms with van der Waals surface area (Å²) in [5.41, 5.74) is 7.75. The van der Waals surface area contributed by atoms with E-state index < -0.39 is 6.10 Å². The molecule has 2 aromatic heterocycles. The molecular weight excluding hydrogens is 541 g/mol. The molecule has 0 saturated carbocycles. The van der Waals surface area contributed by atoms with Gasteiger partial charge in [0.05, 0.1) is 0 Å². The van der Waals surface area contributed by atoms with E-state index in [2.05, 4.69) is 30.9 Å². The Kier molecular flexibility index (Phi) is 5.81. The van der Waals surface area contributed by atoms with Gasteiger partial charge in [0.2, 0.25) is 24.1 Å². The first-order valence-electron chi connectivity index (χ1n) is 9.32. The Hall–Kier alpha value is -2.24. The van der Waals surface area contributed by atoms with E-state index in [1.807, 2.05) is 12.1 Å². The Morgan fingerprint density at radius 2 is 2.03 bits per heavy atom. The number of anilines is 1. The summed E-state index contributed by atoms with van der Waals surface area (Å²) >= 11 is 17.2. The quantitative estimate of drug-likeness (QED) is 0.311. The molecule has 1 atom stereocenters. The van der Waals surface area contributed by atoms with Crippen molar-refractivity contribution in [1.29, 1.82) is 0 Å². The van der Waals surface area contributed by atoms with E-state index in [0.29, 0.717) is 49.2 Å². The monoisotopic (exact) mass is 554 g/mol. The molecule has 4 N–H and O–H groups in total. The first kappa shape index (κ1) is 21.6. The number of imidazole rings is 1. The zero-order valence-corrected chi connectivity index (χ0v) is 20.1. The number of benzene rings is 2. The maximum atomic E-state index is 10.8. The number of aliphatic hydroxyl groups excluding tert-OH is 1. The van der Waals surface area contributed by atoms with Crippen LogP contribution in [-0.2, 0) is 6.54 Å². The minimum absolute atomic E-state index is 0.174. The van der Waals surface area contributed by atoms with Crippen molar-refractivity contribution in [3.05, 3.63) is 56.7 Å². The fourth-order valence-electron chi connectivity index (χ4n) is 3.30. The van der Waals surface area contributed by atoms with Crippen LogP contribution in [0.4, 0.5) is 5.82 Å². The second kappa shape index (κ2) is 8.60. The van der Waals surface area contributed by atoms with Crippen LogP contribution < -0.4 is 19.8 Å². The number of fused-ring (bicyclic) bond motifs is 2. The van der Waals surface area contributed by atoms with Gasteiger partial charge in [-0.05, 0) is 52.0 Å². The molecule has 8 nitrogen and oxygen atoms in total. The molecular formula is C20H15BrCl2N5O3S+. The van der Waals surface area contributed by atoms with Crippen LogP contribution in [0.25, 0.3) is 11.2 Å². The number of nitrogen functional groups attached to an aromatic ring is 1. The molecule has 0 saturated heterocycles. The van der Waals surface area contributed by atoms with Gasteiger partial charge in [0.15, 0.2) is 17.0 Å². The molecule has 0 radical (unpaired) electrons. The molecule has 1 aliphatic rings. The van der Waals surface area contributed by atoms with Crippen LogP contribution in [0.1, 0.15) is 11.7 Å². The van der Waals surface area contributed by atoms with Crippen LogP contribution >= 0.6 is 50.9 Å². The first-order chi connectivity index (χ1) is 15.4. The van der Waals surface area contributed by atoms with Crippen LogP contribution in [-0.4, -0.2) is 26.9 Å². The maximum absolute atomic E-state index is 10.8. The van der Waals surface area contributed by atoms with Gasteiger partial charge >= 0.3 is 0 Å². The van der Waals surface area contributed by atoms with Gasteiger partial charge in [0, 0.05) is 25.0 Å². The van der Waals surface area contributed by atoms with Crippen molar-refractivity contribution in [2.24, 2.45) is 0 Å². The Bertz CT molecular complexity index is 1350. The minimum Gasteiger partial charge on any atom is -0.454 e. The second-order valence-electron chi connectivity index (χ2n) is 6.94. The van der Waals surface area contributed by atoms with E-state index in [9.17, 15) is 5.11 Å². The lowest BCUT2D eigenvalue weighted by Gasteiger charge is -2.12. The molecule has 2 aromatic carbocycles. The molecule has 12 heteroatoms. The van der Waals surface area contributed by atoms with Gasteiger partial charge in [-0.1, -0.05) is 39.2 Å². The standard InChI is InChI=1S/C20H14BrCl2N5O3S/c21-11-4-14-15(31-8-30-14)5-16(11)32-20-26-17-18(24)25-7-28(19(17)27-20)6-13(29)10-2-1-9(22)3-12(10)23/h1-5,7,13,29H,6,8H2,(H2,24,26,27)/p+1. The van der Waals surface area contributed by atoms with Gasteiger partial charge in [-0.25, -0.2) is 4.57 Å². The number of aliphatic hydroxyl groups is 1. The van der Waals surface area contributed by atoms with E-state index in [1.165, 1.54) is 18.1 Å². The SMILES string of the molecule is Nc1nc[n+](CC(O)c2ccc(Cl)cc2Cl)c2nc(Sc3cc4c(cc3Br)OCO4)[nH]c12. The Labute approximate surface area is 204 Å². The minimum atomic E-state index is -0.894. The molecule has 0 bridgehead atoms. The fraction of sp³-hybridized carbons (Fsp3) is 0.150. The maximum Gasteiger partial charge on any atom is 0.295 e. The molecule has 0 aliphatic carbocycles. The van der Waals surface area contributed by atoms with Gasteiger partial charge in [-0.3, -0.25) is 0 Å². The summed E-state index contributed by atoms with van der Waals surface area (Å²) in [6, 6.07) is 8.71. The lowest BCUT2D eigenvalue weighted by atomic mass is 10.1. The summed E-state index contributed by atoms with van der Waals surface area (Å²) in [5.74, 6) is 1.66. The highest BCUT2D eigenvalue weighted by Gasteiger charge is 2.24. The van der Waals surface area contributed by atoms with Crippen molar-refractivity contribution in [1.82, 2.24) is 15.0 Å². The summed E-state index contributed by atoms with van der Waals surface area (Å²) in [6.45, 7) is 0.372. The summed E-state index contributed by atoms with van der Waals surface area (Å²) in [6.07, 6.45) is 0.644. The molecule has 1 aliphatic heterocycles. The van der Waals surface area contributed by atoms with E-state index in [-0.39, 0.29) is 13.3 Å². The Balaban J connectivity index is 1.46. The Morgan fingerprint density at radius 1 is 1.25 bits per heavy atom. The lowest BCUT2D eigenvalue weighted by molar-refractivity contribution is -0.684. The number of hydrogen-bond donors (Lipinski definition) is 3. The fourth-order valence-corrected chi connectivity index (χ4v) is 5.22. The van der Waals surface area contributed by atoms with Gasteiger partial charge in [0.25, 0.3) is 5.65 Å². The number of nitrogens with one attached hydrogen (secondary N) is 1. The number of hydrogen-bond acceptors (Lipinski definition) is 7. The normalized spacial score (nSPS) is 13.6. The molecule has 5 rings (SSSR count). The third kappa shape index (κ3) is 4.08. The molecule has 164 valence electrons. The molecule has 0 amide bonds. The van der Waals surface area contributed by atoms with Crippen molar-refractivity contribution < 1.29 is 19.1 Å². The number of ether oxygens (including phenoxy) is 2. The van der Waals surface area contributed by atoms with Crippen LogP contribution in [0.5, 0.6) is 11.5 Å². The van der Waals surface area contributed by atoms with E-state index in [1.54, 1.807) is 22.8 Å². The van der Waals surface area contributed by atoms with Crippen LogP contribution in [0.2, 0.25) is 10.0 Å². The van der Waals surface area contributed by atoms with Crippen molar-refractivity contribution in [3.63, 3.8) is 0 Å². The topological polar surface area (TPSA) is 110 Å². The smallest absolute Gasteiger partial charge is 0.295 e. The first-order valence-corrected chi connectivity index (χ1v) is 11.7.